The van der Waals surface area contributed by atoms with Crippen molar-refractivity contribution in [3.8, 4) is 0 Å². The fourth-order valence-electron chi connectivity index (χ4n) is 1.58. The lowest BCUT2D eigenvalue weighted by atomic mass is 10.2. The fraction of sp³-hybridized carbons (Fsp3) is 0.143. The van der Waals surface area contributed by atoms with Gasteiger partial charge in [0.2, 0.25) is 0 Å². The Morgan fingerprint density at radius 3 is 1.39 bits per heavy atom. The zero-order chi connectivity index (χ0) is 13.0. The van der Waals surface area contributed by atoms with Crippen molar-refractivity contribution in [1.82, 2.24) is 0 Å². The molecule has 0 amide bonds. The highest BCUT2D eigenvalue weighted by Crippen LogP contribution is 2.35. The number of halogens is 2. The third-order valence-electron chi connectivity index (χ3n) is 2.53. The van der Waals surface area contributed by atoms with Crippen molar-refractivity contribution < 1.29 is 4.21 Å². The summed E-state index contributed by atoms with van der Waals surface area (Å²) in [6.45, 7) is 0. The Labute approximate surface area is 119 Å². The molecule has 2 rings (SSSR count). The first-order chi connectivity index (χ1) is 8.70. The van der Waals surface area contributed by atoms with Crippen LogP contribution >= 0.6 is 23.2 Å². The van der Waals surface area contributed by atoms with Gasteiger partial charge in [-0.1, -0.05) is 60.7 Å². The van der Waals surface area contributed by atoms with Gasteiger partial charge in [0.05, 0.1) is 10.8 Å². The summed E-state index contributed by atoms with van der Waals surface area (Å²) in [5, 5.41) is 0. The molecule has 2 atom stereocenters. The number of hydrogen-bond donors (Lipinski definition) is 0. The number of rotatable bonds is 4. The van der Waals surface area contributed by atoms with Crippen molar-refractivity contribution >= 4 is 34.0 Å². The molecule has 2 aromatic carbocycles. The number of benzene rings is 2. The van der Waals surface area contributed by atoms with Crippen LogP contribution in [0.4, 0.5) is 0 Å². The Morgan fingerprint density at radius 1 is 0.722 bits per heavy atom. The van der Waals surface area contributed by atoms with E-state index in [4.69, 9.17) is 23.2 Å². The predicted octanol–water partition coefficient (Wildman–Crippen LogP) is 4.61. The lowest BCUT2D eigenvalue weighted by Crippen LogP contribution is -2.06. The Kier molecular flexibility index (Phi) is 4.81. The van der Waals surface area contributed by atoms with E-state index in [-0.39, 0.29) is 0 Å². The molecule has 1 nitrogen and oxygen atoms in total. The minimum Gasteiger partial charge on any atom is -0.256 e. The minimum absolute atomic E-state index is 0.603. The van der Waals surface area contributed by atoms with E-state index >= 15 is 0 Å². The highest BCUT2D eigenvalue weighted by molar-refractivity contribution is 7.88. The van der Waals surface area contributed by atoms with Crippen LogP contribution in [0.2, 0.25) is 0 Å². The van der Waals surface area contributed by atoms with Crippen molar-refractivity contribution in [1.29, 1.82) is 0 Å². The van der Waals surface area contributed by atoms with Crippen LogP contribution in [-0.2, 0) is 10.8 Å². The molecule has 0 bridgehead atoms. The van der Waals surface area contributed by atoms with Gasteiger partial charge in [-0.2, -0.15) is 0 Å². The molecule has 0 heterocycles. The zero-order valence-corrected chi connectivity index (χ0v) is 11.8. The highest BCUT2D eigenvalue weighted by Gasteiger charge is 2.24. The van der Waals surface area contributed by atoms with Gasteiger partial charge in [0.25, 0.3) is 0 Å². The van der Waals surface area contributed by atoms with Crippen LogP contribution in [0.15, 0.2) is 60.7 Å². The summed E-state index contributed by atoms with van der Waals surface area (Å²) in [5.74, 6) is 0. The third-order valence-corrected chi connectivity index (χ3v) is 5.45. The summed E-state index contributed by atoms with van der Waals surface area (Å²) in [6, 6.07) is 18.7. The molecule has 0 aromatic heterocycles. The Bertz CT molecular complexity index is 468. The van der Waals surface area contributed by atoms with Crippen LogP contribution in [0.3, 0.4) is 0 Å². The molecule has 0 radical (unpaired) electrons. The first-order valence-electron chi connectivity index (χ1n) is 5.47. The van der Waals surface area contributed by atoms with Crippen LogP contribution in [0.1, 0.15) is 20.5 Å². The molecule has 4 heteroatoms. The van der Waals surface area contributed by atoms with Gasteiger partial charge in [0.15, 0.2) is 0 Å². The first kappa shape index (κ1) is 13.6. The van der Waals surface area contributed by atoms with Crippen LogP contribution in [0.5, 0.6) is 0 Å². The molecule has 0 aliphatic heterocycles. The first-order valence-corrected chi connectivity index (χ1v) is 7.62. The molecule has 0 aliphatic carbocycles. The summed E-state index contributed by atoms with van der Waals surface area (Å²) in [5.41, 5.74) is 1.64. The van der Waals surface area contributed by atoms with Gasteiger partial charge in [0.1, 0.15) is 9.42 Å². The van der Waals surface area contributed by atoms with Gasteiger partial charge in [-0.3, -0.25) is 4.21 Å². The topological polar surface area (TPSA) is 17.1 Å². The SMILES string of the molecule is O=S(C(Cl)c1ccccc1)C(Cl)c1ccccc1. The summed E-state index contributed by atoms with van der Waals surface area (Å²) >= 11 is 12.4. The van der Waals surface area contributed by atoms with Gasteiger partial charge < -0.3 is 0 Å². The number of alkyl halides is 2. The maximum absolute atomic E-state index is 12.3. The fourth-order valence-corrected chi connectivity index (χ4v) is 3.71. The van der Waals surface area contributed by atoms with Crippen molar-refractivity contribution in [2.45, 2.75) is 9.42 Å². The highest BCUT2D eigenvalue weighted by atomic mass is 35.5. The van der Waals surface area contributed by atoms with E-state index in [9.17, 15) is 4.21 Å². The van der Waals surface area contributed by atoms with Crippen molar-refractivity contribution in [2.24, 2.45) is 0 Å². The van der Waals surface area contributed by atoms with Crippen LogP contribution in [-0.4, -0.2) is 4.21 Å². The van der Waals surface area contributed by atoms with Gasteiger partial charge in [-0.15, -0.1) is 23.2 Å². The molecule has 0 saturated carbocycles. The maximum Gasteiger partial charge on any atom is 0.135 e. The molecule has 94 valence electrons. The standard InChI is InChI=1S/C14H12Cl2OS/c15-13(11-7-3-1-4-8-11)18(17)14(16)12-9-5-2-6-10-12/h1-10,13-14H. The molecule has 0 fully saturated rings. The lowest BCUT2D eigenvalue weighted by molar-refractivity contribution is 0.680. The molecular weight excluding hydrogens is 287 g/mol. The Morgan fingerprint density at radius 2 is 1.06 bits per heavy atom. The van der Waals surface area contributed by atoms with Gasteiger partial charge in [-0.05, 0) is 11.1 Å². The largest absolute Gasteiger partial charge is 0.256 e. The maximum atomic E-state index is 12.3. The second kappa shape index (κ2) is 6.37. The lowest BCUT2D eigenvalue weighted by Gasteiger charge is -2.14. The van der Waals surface area contributed by atoms with Crippen LogP contribution < -0.4 is 0 Å². The molecular formula is C14H12Cl2OS. The third kappa shape index (κ3) is 3.14. The Balaban J connectivity index is 2.17. The van der Waals surface area contributed by atoms with Crippen molar-refractivity contribution in [2.75, 3.05) is 0 Å². The minimum atomic E-state index is -1.38. The normalized spacial score (nSPS) is 15.9. The summed E-state index contributed by atoms with van der Waals surface area (Å²) in [7, 11) is -1.38. The summed E-state index contributed by atoms with van der Waals surface area (Å²) in [6.07, 6.45) is 0. The van der Waals surface area contributed by atoms with Gasteiger partial charge in [-0.25, -0.2) is 0 Å². The average molecular weight is 299 g/mol. The molecule has 0 saturated heterocycles. The van der Waals surface area contributed by atoms with Gasteiger partial charge in [0, 0.05) is 0 Å². The monoisotopic (exact) mass is 298 g/mol. The van der Waals surface area contributed by atoms with Gasteiger partial charge >= 0.3 is 0 Å². The molecule has 2 unspecified atom stereocenters. The van der Waals surface area contributed by atoms with Crippen LogP contribution in [0.25, 0.3) is 0 Å². The molecule has 18 heavy (non-hydrogen) atoms. The van der Waals surface area contributed by atoms with E-state index in [0.29, 0.717) is 0 Å². The van der Waals surface area contributed by atoms with E-state index in [2.05, 4.69) is 0 Å². The van der Waals surface area contributed by atoms with Crippen LogP contribution in [0, 0.1) is 0 Å². The summed E-state index contributed by atoms with van der Waals surface area (Å²) < 4.78 is 11.1. The van der Waals surface area contributed by atoms with E-state index in [1.54, 1.807) is 0 Å². The summed E-state index contributed by atoms with van der Waals surface area (Å²) in [4.78, 5) is 0. The second-order valence-corrected chi connectivity index (χ2v) is 6.77. The van der Waals surface area contributed by atoms with E-state index < -0.39 is 20.2 Å². The second-order valence-electron chi connectivity index (χ2n) is 3.78. The zero-order valence-electron chi connectivity index (χ0n) is 9.50. The quantitative estimate of drug-likeness (QED) is 0.753. The molecule has 0 spiro atoms. The predicted molar refractivity (Wildman–Crippen MR) is 78.2 cm³/mol. The van der Waals surface area contributed by atoms with Crippen molar-refractivity contribution in [3.05, 3.63) is 71.8 Å². The van der Waals surface area contributed by atoms with Crippen molar-refractivity contribution in [3.63, 3.8) is 0 Å². The Hall–Kier alpha value is -0.830. The number of hydrogen-bond acceptors (Lipinski definition) is 1. The van der Waals surface area contributed by atoms with E-state index in [1.165, 1.54) is 0 Å². The van der Waals surface area contributed by atoms with E-state index in [0.717, 1.165) is 11.1 Å². The van der Waals surface area contributed by atoms with E-state index in [1.807, 2.05) is 60.7 Å². The molecule has 2 aromatic rings. The smallest absolute Gasteiger partial charge is 0.135 e. The average Bonchev–Trinajstić information content (AvgIpc) is 2.47. The molecule has 0 N–H and O–H groups in total. The molecule has 0 aliphatic rings.